The normalized spacial score (nSPS) is 24.5. The van der Waals surface area contributed by atoms with Gasteiger partial charge in [0.25, 0.3) is 0 Å². The van der Waals surface area contributed by atoms with Gasteiger partial charge in [0, 0.05) is 54.9 Å². The zero-order valence-corrected chi connectivity index (χ0v) is 22.8. The minimum atomic E-state index is 0.263. The molecule has 7 heteroatoms. The summed E-state index contributed by atoms with van der Waals surface area (Å²) in [7, 11) is 1.84. The molecule has 3 aliphatic rings. The fraction of sp³-hybridized carbons (Fsp3) is 0.333. The molecule has 7 rings (SSSR count). The Kier molecular flexibility index (Phi) is 6.01. The number of hydrogen-bond acceptors (Lipinski definition) is 6. The van der Waals surface area contributed by atoms with Crippen LogP contribution in [0.25, 0.3) is 22.8 Å². The van der Waals surface area contributed by atoms with E-state index >= 15 is 0 Å². The van der Waals surface area contributed by atoms with Gasteiger partial charge >= 0.3 is 0 Å². The third-order valence-corrected chi connectivity index (χ3v) is 8.78. The summed E-state index contributed by atoms with van der Waals surface area (Å²) in [5.74, 6) is 6.70. The number of benzene rings is 1. The molecule has 4 unspecified atom stereocenters. The van der Waals surface area contributed by atoms with E-state index < -0.39 is 0 Å². The molecule has 0 radical (unpaired) electrons. The number of nitrogens with zero attached hydrogens (tertiary/aromatic N) is 5. The van der Waals surface area contributed by atoms with Gasteiger partial charge in [-0.1, -0.05) is 30.6 Å². The molecule has 2 saturated carbocycles. The molecule has 0 saturated heterocycles. The van der Waals surface area contributed by atoms with E-state index in [1.54, 1.807) is 16.5 Å². The lowest BCUT2D eigenvalue weighted by atomic mass is 9.63. The van der Waals surface area contributed by atoms with Gasteiger partial charge in [0.1, 0.15) is 11.4 Å². The molecule has 200 valence electrons. The van der Waals surface area contributed by atoms with Crippen molar-refractivity contribution in [2.75, 3.05) is 0 Å². The average Bonchev–Trinajstić information content (AvgIpc) is 3.42. The number of ether oxygens (including phenoxy) is 1. The molecule has 0 amide bonds. The molecule has 4 atom stereocenters. The lowest BCUT2D eigenvalue weighted by molar-refractivity contribution is 0.182. The predicted octanol–water partition coefficient (Wildman–Crippen LogP) is 5.94. The number of rotatable bonds is 7. The second-order valence-electron chi connectivity index (χ2n) is 11.6. The van der Waals surface area contributed by atoms with E-state index in [1.165, 1.54) is 25.7 Å². The van der Waals surface area contributed by atoms with Gasteiger partial charge in [0.15, 0.2) is 5.82 Å². The fourth-order valence-corrected chi connectivity index (χ4v) is 6.97. The first-order valence-electron chi connectivity index (χ1n) is 14.0. The quantitative estimate of drug-likeness (QED) is 0.236. The van der Waals surface area contributed by atoms with Gasteiger partial charge in [-0.25, -0.2) is 14.6 Å². The van der Waals surface area contributed by atoms with Crippen LogP contribution >= 0.6 is 0 Å². The summed E-state index contributed by atoms with van der Waals surface area (Å²) >= 11 is 0. The summed E-state index contributed by atoms with van der Waals surface area (Å²) in [4.78, 5) is 13.9. The van der Waals surface area contributed by atoms with Gasteiger partial charge in [-0.3, -0.25) is 4.98 Å². The van der Waals surface area contributed by atoms with E-state index in [0.717, 1.165) is 40.9 Å². The molecule has 3 heterocycles. The number of nitrogens with one attached hydrogen (secondary N) is 1. The molecule has 4 aromatic rings. The van der Waals surface area contributed by atoms with Crippen molar-refractivity contribution in [1.29, 1.82) is 0 Å². The fourth-order valence-electron chi connectivity index (χ4n) is 6.97. The first-order valence-corrected chi connectivity index (χ1v) is 14.0. The Labute approximate surface area is 234 Å². The third-order valence-electron chi connectivity index (χ3n) is 8.78. The summed E-state index contributed by atoms with van der Waals surface area (Å²) in [5.41, 5.74) is 6.00. The van der Waals surface area contributed by atoms with Crippen LogP contribution in [0.5, 0.6) is 11.6 Å². The highest BCUT2D eigenvalue weighted by molar-refractivity contribution is 5.67. The highest BCUT2D eigenvalue weighted by Crippen LogP contribution is 2.59. The molecule has 7 nitrogen and oxygen atoms in total. The maximum absolute atomic E-state index is 6.34. The number of pyridine rings is 1. The molecule has 2 fully saturated rings. The van der Waals surface area contributed by atoms with Crippen LogP contribution in [0, 0.1) is 30.1 Å². The predicted molar refractivity (Wildman–Crippen MR) is 154 cm³/mol. The number of terminal acetylenes is 1. The molecule has 1 aromatic carbocycles. The van der Waals surface area contributed by atoms with Crippen molar-refractivity contribution >= 4 is 0 Å². The van der Waals surface area contributed by atoms with Crippen molar-refractivity contribution in [3.05, 3.63) is 83.8 Å². The number of hydrogen-bond donors (Lipinski definition) is 1. The van der Waals surface area contributed by atoms with E-state index in [2.05, 4.69) is 34.3 Å². The van der Waals surface area contributed by atoms with E-state index in [9.17, 15) is 0 Å². The standard InChI is InChI=1S/C33H32N6O/c1-4-22-8-9-26(30(14-22)40-31-15-29(38-39(31)3)28-7-5-6-10-34-28)32-35-18-24(19-36-32)20-37-33-16-23-11-21(2)12-25(17-33)27(33)13-23/h1,5-10,12,14-15,18-19,21,23,27,37H,11,13,16-17,20H2,2-3H3. The van der Waals surface area contributed by atoms with E-state index in [4.69, 9.17) is 21.1 Å². The molecule has 3 aliphatic carbocycles. The van der Waals surface area contributed by atoms with Crippen molar-refractivity contribution in [3.8, 4) is 46.7 Å². The topological polar surface area (TPSA) is 77.8 Å². The van der Waals surface area contributed by atoms with Crippen molar-refractivity contribution in [2.24, 2.45) is 24.8 Å². The Bertz CT molecular complexity index is 1630. The zero-order valence-electron chi connectivity index (χ0n) is 22.8. The monoisotopic (exact) mass is 528 g/mol. The number of fused-ring (bicyclic) bond motifs is 1. The second kappa shape index (κ2) is 9.72. The summed E-state index contributed by atoms with van der Waals surface area (Å²) in [6.45, 7) is 3.14. The van der Waals surface area contributed by atoms with Gasteiger partial charge in [0.05, 0.1) is 11.3 Å². The van der Waals surface area contributed by atoms with Crippen LogP contribution in [0.2, 0.25) is 0 Å². The van der Waals surface area contributed by atoms with Gasteiger partial charge in [-0.05, 0) is 73.8 Å². The van der Waals surface area contributed by atoms with Crippen LogP contribution < -0.4 is 10.1 Å². The Morgan fingerprint density at radius 1 is 1.10 bits per heavy atom. The average molecular weight is 529 g/mol. The van der Waals surface area contributed by atoms with Gasteiger partial charge in [0.2, 0.25) is 5.88 Å². The van der Waals surface area contributed by atoms with Gasteiger partial charge < -0.3 is 10.1 Å². The Hall–Kier alpha value is -4.28. The van der Waals surface area contributed by atoms with Crippen molar-refractivity contribution in [2.45, 2.75) is 44.7 Å². The van der Waals surface area contributed by atoms with Crippen LogP contribution in [-0.4, -0.2) is 30.3 Å². The van der Waals surface area contributed by atoms with Crippen LogP contribution in [-0.2, 0) is 13.6 Å². The van der Waals surface area contributed by atoms with Crippen LogP contribution in [0.4, 0.5) is 0 Å². The summed E-state index contributed by atoms with van der Waals surface area (Å²) in [6.07, 6.45) is 19.0. The van der Waals surface area contributed by atoms with Crippen molar-refractivity contribution in [3.63, 3.8) is 0 Å². The Balaban J connectivity index is 1.10. The number of aryl methyl sites for hydroxylation is 1. The molecule has 40 heavy (non-hydrogen) atoms. The van der Waals surface area contributed by atoms with Gasteiger partial charge in [-0.15, -0.1) is 6.42 Å². The molecule has 0 aliphatic heterocycles. The minimum absolute atomic E-state index is 0.263. The van der Waals surface area contributed by atoms with E-state index in [0.29, 0.717) is 28.9 Å². The molecular weight excluding hydrogens is 496 g/mol. The van der Waals surface area contributed by atoms with Crippen molar-refractivity contribution < 1.29 is 4.74 Å². The highest BCUT2D eigenvalue weighted by atomic mass is 16.5. The van der Waals surface area contributed by atoms with Crippen LogP contribution in [0.1, 0.15) is 43.7 Å². The first kappa shape index (κ1) is 24.7. The number of allylic oxidation sites excluding steroid dienone is 1. The van der Waals surface area contributed by atoms with Crippen LogP contribution in [0.3, 0.4) is 0 Å². The van der Waals surface area contributed by atoms with Crippen LogP contribution in [0.15, 0.2) is 72.7 Å². The molecule has 0 spiro atoms. The molecule has 2 bridgehead atoms. The third kappa shape index (κ3) is 4.39. The lowest BCUT2D eigenvalue weighted by Crippen LogP contribution is -2.56. The molecule has 3 aromatic heterocycles. The van der Waals surface area contributed by atoms with Crippen molar-refractivity contribution in [1.82, 2.24) is 30.0 Å². The minimum Gasteiger partial charge on any atom is -0.438 e. The largest absolute Gasteiger partial charge is 0.438 e. The molecular formula is C33H32N6O. The van der Waals surface area contributed by atoms with E-state index in [-0.39, 0.29) is 5.54 Å². The summed E-state index contributed by atoms with van der Waals surface area (Å²) in [6, 6.07) is 13.2. The maximum Gasteiger partial charge on any atom is 0.218 e. The van der Waals surface area contributed by atoms with E-state index in [1.807, 2.05) is 61.9 Å². The summed E-state index contributed by atoms with van der Waals surface area (Å²) < 4.78 is 8.03. The SMILES string of the molecule is C#Cc1ccc(-c2ncc(CNC34CC5=CC(C)CC(CC53)C4)cn2)c(Oc2cc(-c3ccccn3)nn2C)c1. The number of aromatic nitrogens is 5. The highest BCUT2D eigenvalue weighted by Gasteiger charge is 2.57. The lowest BCUT2D eigenvalue weighted by Gasteiger charge is -2.49. The second-order valence-corrected chi connectivity index (χ2v) is 11.6. The molecule has 1 N–H and O–H groups in total. The maximum atomic E-state index is 6.34. The first-order chi connectivity index (χ1) is 19.5. The Morgan fingerprint density at radius 2 is 1.98 bits per heavy atom. The smallest absolute Gasteiger partial charge is 0.218 e. The summed E-state index contributed by atoms with van der Waals surface area (Å²) in [5, 5.41) is 8.48. The zero-order chi connectivity index (χ0) is 27.3. The van der Waals surface area contributed by atoms with Gasteiger partial charge in [-0.2, -0.15) is 5.10 Å². The Morgan fingerprint density at radius 3 is 2.77 bits per heavy atom.